The molecular formula is C15H26N2O3. The highest BCUT2D eigenvalue weighted by Crippen LogP contribution is 2.25. The van der Waals surface area contributed by atoms with Gasteiger partial charge < -0.3 is 24.4 Å². The summed E-state index contributed by atoms with van der Waals surface area (Å²) in [4.78, 5) is 2.11. The van der Waals surface area contributed by atoms with E-state index in [2.05, 4.69) is 10.2 Å². The largest absolute Gasteiger partial charge is 0.493 e. The summed E-state index contributed by atoms with van der Waals surface area (Å²) in [5, 5.41) is 3.28. The van der Waals surface area contributed by atoms with Gasteiger partial charge in [-0.1, -0.05) is 12.1 Å². The van der Waals surface area contributed by atoms with Crippen LogP contribution >= 0.6 is 0 Å². The molecule has 0 aliphatic rings. The van der Waals surface area contributed by atoms with E-state index in [0.29, 0.717) is 6.61 Å². The summed E-state index contributed by atoms with van der Waals surface area (Å²) < 4.78 is 16.4. The summed E-state index contributed by atoms with van der Waals surface area (Å²) in [6.45, 7) is 4.68. The van der Waals surface area contributed by atoms with Crippen molar-refractivity contribution in [1.29, 1.82) is 0 Å². The predicted molar refractivity (Wildman–Crippen MR) is 80.7 cm³/mol. The number of hydrogen-bond acceptors (Lipinski definition) is 5. The Labute approximate surface area is 121 Å². The van der Waals surface area contributed by atoms with Crippen LogP contribution in [-0.2, 0) is 4.74 Å². The van der Waals surface area contributed by atoms with Crippen LogP contribution in [0.1, 0.15) is 0 Å². The third-order valence-electron chi connectivity index (χ3n) is 2.71. The van der Waals surface area contributed by atoms with Gasteiger partial charge in [-0.3, -0.25) is 0 Å². The highest BCUT2D eigenvalue weighted by molar-refractivity contribution is 5.39. The van der Waals surface area contributed by atoms with Gasteiger partial charge in [-0.15, -0.1) is 0 Å². The van der Waals surface area contributed by atoms with Crippen LogP contribution in [0.25, 0.3) is 0 Å². The second-order valence-electron chi connectivity index (χ2n) is 4.66. The van der Waals surface area contributed by atoms with Crippen LogP contribution in [0.5, 0.6) is 11.5 Å². The molecule has 0 aliphatic heterocycles. The lowest BCUT2D eigenvalue weighted by Crippen LogP contribution is -2.26. The molecule has 1 rings (SSSR count). The molecule has 0 aliphatic carbocycles. The summed E-state index contributed by atoms with van der Waals surface area (Å²) in [6, 6.07) is 7.66. The minimum Gasteiger partial charge on any atom is -0.493 e. The zero-order valence-electron chi connectivity index (χ0n) is 12.7. The van der Waals surface area contributed by atoms with Gasteiger partial charge >= 0.3 is 0 Å². The van der Waals surface area contributed by atoms with Crippen LogP contribution in [0.3, 0.4) is 0 Å². The third-order valence-corrected chi connectivity index (χ3v) is 2.71. The molecule has 0 heterocycles. The summed E-state index contributed by atoms with van der Waals surface area (Å²) in [6.07, 6.45) is 0. The fourth-order valence-electron chi connectivity index (χ4n) is 1.59. The maximum Gasteiger partial charge on any atom is 0.161 e. The molecule has 0 bridgehead atoms. The van der Waals surface area contributed by atoms with Gasteiger partial charge in [0.2, 0.25) is 0 Å². The Bertz CT molecular complexity index is 359. The number of benzene rings is 1. The molecule has 5 nitrogen and oxygen atoms in total. The highest BCUT2D eigenvalue weighted by atomic mass is 16.5. The van der Waals surface area contributed by atoms with Gasteiger partial charge in [0.1, 0.15) is 6.61 Å². The third kappa shape index (κ3) is 7.33. The normalized spacial score (nSPS) is 10.8. The topological polar surface area (TPSA) is 43.0 Å². The number of nitrogens with zero attached hydrogens (tertiary/aromatic N) is 1. The van der Waals surface area contributed by atoms with E-state index >= 15 is 0 Å². The Morgan fingerprint density at radius 2 is 1.70 bits per heavy atom. The van der Waals surface area contributed by atoms with Gasteiger partial charge in [0.25, 0.3) is 0 Å². The quantitative estimate of drug-likeness (QED) is 0.619. The molecule has 0 unspecified atom stereocenters. The van der Waals surface area contributed by atoms with E-state index in [4.69, 9.17) is 14.2 Å². The SMILES string of the molecule is COc1ccccc1OCCNCCOCCN(C)C. The molecule has 0 aromatic heterocycles. The standard InChI is InChI=1S/C15H26N2O3/c1-17(2)10-13-19-11-8-16-9-12-20-15-7-5-4-6-14(15)18-3/h4-7,16H,8-13H2,1-3H3. The van der Waals surface area contributed by atoms with Crippen LogP contribution in [0.2, 0.25) is 0 Å². The Kier molecular flexibility index (Phi) is 8.78. The molecule has 1 aromatic rings. The van der Waals surface area contributed by atoms with Crippen molar-refractivity contribution in [3.05, 3.63) is 24.3 Å². The van der Waals surface area contributed by atoms with E-state index in [1.807, 2.05) is 38.4 Å². The van der Waals surface area contributed by atoms with Gasteiger partial charge in [-0.05, 0) is 26.2 Å². The molecule has 0 atom stereocenters. The van der Waals surface area contributed by atoms with Crippen LogP contribution in [-0.4, -0.2) is 65.6 Å². The summed E-state index contributed by atoms with van der Waals surface area (Å²) >= 11 is 0. The van der Waals surface area contributed by atoms with Crippen LogP contribution in [0, 0.1) is 0 Å². The molecule has 0 amide bonds. The first-order valence-electron chi connectivity index (χ1n) is 6.93. The van der Waals surface area contributed by atoms with Gasteiger partial charge in [0.05, 0.1) is 20.3 Å². The second-order valence-corrected chi connectivity index (χ2v) is 4.66. The lowest BCUT2D eigenvalue weighted by Gasteiger charge is -2.11. The molecular weight excluding hydrogens is 256 g/mol. The Balaban J connectivity index is 1.99. The van der Waals surface area contributed by atoms with E-state index in [1.165, 1.54) is 0 Å². The number of ether oxygens (including phenoxy) is 3. The minimum atomic E-state index is 0.609. The van der Waals surface area contributed by atoms with Crippen molar-refractivity contribution in [3.8, 4) is 11.5 Å². The number of para-hydroxylation sites is 2. The van der Waals surface area contributed by atoms with E-state index in [9.17, 15) is 0 Å². The van der Waals surface area contributed by atoms with E-state index in [1.54, 1.807) is 7.11 Å². The monoisotopic (exact) mass is 282 g/mol. The fraction of sp³-hybridized carbons (Fsp3) is 0.600. The molecule has 0 saturated carbocycles. The lowest BCUT2D eigenvalue weighted by molar-refractivity contribution is 0.118. The molecule has 0 spiro atoms. The average molecular weight is 282 g/mol. The number of methoxy groups -OCH3 is 1. The maximum atomic E-state index is 5.65. The first-order chi connectivity index (χ1) is 9.74. The Hall–Kier alpha value is -1.30. The molecule has 0 radical (unpaired) electrons. The van der Waals surface area contributed by atoms with Gasteiger partial charge in [-0.2, -0.15) is 0 Å². The van der Waals surface area contributed by atoms with Crippen molar-refractivity contribution in [2.45, 2.75) is 0 Å². The van der Waals surface area contributed by atoms with E-state index in [0.717, 1.165) is 44.3 Å². The van der Waals surface area contributed by atoms with Crippen molar-refractivity contribution in [3.63, 3.8) is 0 Å². The Morgan fingerprint density at radius 3 is 2.40 bits per heavy atom. The smallest absolute Gasteiger partial charge is 0.161 e. The van der Waals surface area contributed by atoms with Crippen molar-refractivity contribution >= 4 is 0 Å². The van der Waals surface area contributed by atoms with Crippen molar-refractivity contribution in [2.24, 2.45) is 0 Å². The van der Waals surface area contributed by atoms with E-state index in [-0.39, 0.29) is 0 Å². The number of rotatable bonds is 11. The maximum absolute atomic E-state index is 5.65. The molecule has 1 aromatic carbocycles. The average Bonchev–Trinajstić information content (AvgIpc) is 2.45. The molecule has 1 N–H and O–H groups in total. The van der Waals surface area contributed by atoms with Crippen molar-refractivity contribution in [2.75, 3.05) is 60.7 Å². The zero-order chi connectivity index (χ0) is 14.6. The number of nitrogens with one attached hydrogen (secondary N) is 1. The molecule has 5 heteroatoms. The van der Waals surface area contributed by atoms with Gasteiger partial charge in [0.15, 0.2) is 11.5 Å². The minimum absolute atomic E-state index is 0.609. The highest BCUT2D eigenvalue weighted by Gasteiger charge is 2.01. The molecule has 0 saturated heterocycles. The van der Waals surface area contributed by atoms with Crippen LogP contribution in [0.4, 0.5) is 0 Å². The zero-order valence-corrected chi connectivity index (χ0v) is 12.7. The Morgan fingerprint density at radius 1 is 1.00 bits per heavy atom. The summed E-state index contributed by atoms with van der Waals surface area (Å²) in [5.74, 6) is 1.54. The number of hydrogen-bond donors (Lipinski definition) is 1. The molecule has 114 valence electrons. The van der Waals surface area contributed by atoms with Gasteiger partial charge in [0, 0.05) is 19.6 Å². The first kappa shape index (κ1) is 16.8. The first-order valence-corrected chi connectivity index (χ1v) is 6.93. The fourth-order valence-corrected chi connectivity index (χ4v) is 1.59. The lowest BCUT2D eigenvalue weighted by atomic mass is 10.3. The molecule has 0 fully saturated rings. The number of likely N-dealkylation sites (N-methyl/N-ethyl adjacent to an activating group) is 1. The van der Waals surface area contributed by atoms with Crippen molar-refractivity contribution in [1.82, 2.24) is 10.2 Å². The predicted octanol–water partition coefficient (Wildman–Crippen LogP) is 1.24. The van der Waals surface area contributed by atoms with Crippen LogP contribution in [0.15, 0.2) is 24.3 Å². The second kappa shape index (κ2) is 10.5. The summed E-state index contributed by atoms with van der Waals surface area (Å²) in [7, 11) is 5.72. The van der Waals surface area contributed by atoms with Crippen LogP contribution < -0.4 is 14.8 Å². The van der Waals surface area contributed by atoms with Gasteiger partial charge in [-0.25, -0.2) is 0 Å². The van der Waals surface area contributed by atoms with E-state index < -0.39 is 0 Å². The molecule has 20 heavy (non-hydrogen) atoms. The van der Waals surface area contributed by atoms with Crippen molar-refractivity contribution < 1.29 is 14.2 Å². The summed E-state index contributed by atoms with van der Waals surface area (Å²) in [5.41, 5.74) is 0.